The maximum atomic E-state index is 13.1. The minimum atomic E-state index is -0.713. The number of hydrogen-bond acceptors (Lipinski definition) is 4. The van der Waals surface area contributed by atoms with E-state index in [-0.39, 0.29) is 11.7 Å². The molecule has 1 saturated carbocycles. The van der Waals surface area contributed by atoms with E-state index in [1.54, 1.807) is 10.6 Å². The van der Waals surface area contributed by atoms with Gasteiger partial charge in [-0.2, -0.15) is 0 Å². The first-order valence-corrected chi connectivity index (χ1v) is 9.23. The lowest BCUT2D eigenvalue weighted by Gasteiger charge is -2.10. The van der Waals surface area contributed by atoms with E-state index in [0.717, 1.165) is 35.1 Å². The summed E-state index contributed by atoms with van der Waals surface area (Å²) in [6, 6.07) is 12.5. The normalized spacial score (nSPS) is 15.1. The minimum absolute atomic E-state index is 0.0837. The topological polar surface area (TPSA) is 79.2 Å². The van der Waals surface area contributed by atoms with Crippen LogP contribution >= 0.6 is 11.6 Å². The highest BCUT2D eigenvalue weighted by molar-refractivity contribution is 6.35. The number of carbonyl (C=O) groups is 1. The molecule has 140 valence electrons. The van der Waals surface area contributed by atoms with E-state index in [1.807, 2.05) is 41.0 Å². The maximum absolute atomic E-state index is 13.1. The molecule has 0 unspecified atom stereocenters. The van der Waals surface area contributed by atoms with E-state index in [1.165, 1.54) is 7.11 Å². The van der Waals surface area contributed by atoms with Crippen molar-refractivity contribution >= 4 is 28.6 Å². The van der Waals surface area contributed by atoms with Crippen LogP contribution in [0.1, 0.15) is 24.4 Å². The van der Waals surface area contributed by atoms with Gasteiger partial charge in [0.2, 0.25) is 0 Å². The highest BCUT2D eigenvalue weighted by Gasteiger charge is 2.29. The SMILES string of the molecule is COC(=O)[C@@H](N)Cc1ccc(-n2c(=O)n(C3CC3)c3cccc(Cl)c32)cc1. The lowest BCUT2D eigenvalue weighted by Crippen LogP contribution is -2.33. The van der Waals surface area contributed by atoms with Crippen LogP contribution in [0.5, 0.6) is 0 Å². The first kappa shape index (κ1) is 17.8. The Bertz CT molecular complexity index is 1060. The molecule has 0 saturated heterocycles. The van der Waals surface area contributed by atoms with Crippen LogP contribution in [0.3, 0.4) is 0 Å². The fraction of sp³-hybridized carbons (Fsp3) is 0.300. The molecule has 3 aromatic rings. The van der Waals surface area contributed by atoms with E-state index < -0.39 is 12.0 Å². The number of fused-ring (bicyclic) bond motifs is 1. The molecule has 7 heteroatoms. The third kappa shape index (κ3) is 3.15. The molecule has 2 aromatic carbocycles. The zero-order valence-electron chi connectivity index (χ0n) is 14.9. The van der Waals surface area contributed by atoms with Crippen molar-refractivity contribution in [2.75, 3.05) is 7.11 Å². The van der Waals surface area contributed by atoms with Gasteiger partial charge in [-0.15, -0.1) is 0 Å². The summed E-state index contributed by atoms with van der Waals surface area (Å²) in [5, 5.41) is 0.542. The van der Waals surface area contributed by atoms with Gasteiger partial charge in [-0.05, 0) is 49.1 Å². The van der Waals surface area contributed by atoms with E-state index in [9.17, 15) is 9.59 Å². The van der Waals surface area contributed by atoms with Crippen LogP contribution in [0.25, 0.3) is 16.7 Å². The van der Waals surface area contributed by atoms with E-state index >= 15 is 0 Å². The number of aromatic nitrogens is 2. The van der Waals surface area contributed by atoms with Gasteiger partial charge in [0.1, 0.15) is 6.04 Å². The van der Waals surface area contributed by atoms with Gasteiger partial charge in [0.15, 0.2) is 0 Å². The summed E-state index contributed by atoms with van der Waals surface area (Å²) in [5.41, 5.74) is 8.93. The quantitative estimate of drug-likeness (QED) is 0.685. The largest absolute Gasteiger partial charge is 0.468 e. The number of nitrogens with two attached hydrogens (primary N) is 1. The average molecular weight is 386 g/mol. The summed E-state index contributed by atoms with van der Waals surface area (Å²) in [6.07, 6.45) is 2.39. The monoisotopic (exact) mass is 385 g/mol. The zero-order chi connectivity index (χ0) is 19.1. The van der Waals surface area contributed by atoms with Gasteiger partial charge < -0.3 is 10.5 Å². The van der Waals surface area contributed by atoms with Crippen LogP contribution in [-0.4, -0.2) is 28.3 Å². The van der Waals surface area contributed by atoms with Gasteiger partial charge in [-0.25, -0.2) is 4.79 Å². The van der Waals surface area contributed by atoms with E-state index in [4.69, 9.17) is 17.3 Å². The fourth-order valence-electron chi connectivity index (χ4n) is 3.42. The summed E-state index contributed by atoms with van der Waals surface area (Å²) in [6.45, 7) is 0. The lowest BCUT2D eigenvalue weighted by atomic mass is 10.1. The van der Waals surface area contributed by atoms with Crippen molar-refractivity contribution in [3.8, 4) is 5.69 Å². The van der Waals surface area contributed by atoms with Crippen LogP contribution < -0.4 is 11.4 Å². The number of carbonyl (C=O) groups excluding carboxylic acids is 1. The molecule has 1 aliphatic rings. The summed E-state index contributed by atoms with van der Waals surface area (Å²) in [5.74, 6) is -0.449. The predicted molar refractivity (Wildman–Crippen MR) is 105 cm³/mol. The van der Waals surface area contributed by atoms with E-state index in [0.29, 0.717) is 11.4 Å². The number of para-hydroxylation sites is 1. The summed E-state index contributed by atoms with van der Waals surface area (Å²) >= 11 is 6.43. The molecule has 2 N–H and O–H groups in total. The van der Waals surface area contributed by atoms with Crippen LogP contribution in [0.2, 0.25) is 5.02 Å². The molecule has 1 atom stereocenters. The third-order valence-electron chi connectivity index (χ3n) is 4.91. The van der Waals surface area contributed by atoms with Gasteiger partial charge >= 0.3 is 11.7 Å². The Labute approximate surface area is 161 Å². The van der Waals surface area contributed by atoms with Crippen LogP contribution in [0.4, 0.5) is 0 Å². The third-order valence-corrected chi connectivity index (χ3v) is 5.22. The lowest BCUT2D eigenvalue weighted by molar-refractivity contribution is -0.142. The van der Waals surface area contributed by atoms with Crippen molar-refractivity contribution in [3.05, 3.63) is 63.5 Å². The van der Waals surface area contributed by atoms with Gasteiger partial charge in [-0.1, -0.05) is 29.8 Å². The summed E-state index contributed by atoms with van der Waals surface area (Å²) < 4.78 is 8.15. The number of imidazole rings is 1. The Kier molecular flexibility index (Phi) is 4.53. The van der Waals surface area contributed by atoms with Crippen molar-refractivity contribution in [1.29, 1.82) is 0 Å². The molecule has 0 spiro atoms. The van der Waals surface area contributed by atoms with Crippen molar-refractivity contribution in [2.45, 2.75) is 31.3 Å². The van der Waals surface area contributed by atoms with Gasteiger partial charge in [0, 0.05) is 6.04 Å². The molecular weight excluding hydrogens is 366 g/mol. The number of rotatable bonds is 5. The summed E-state index contributed by atoms with van der Waals surface area (Å²) in [4.78, 5) is 24.6. The molecule has 1 aliphatic carbocycles. The molecule has 0 aliphatic heterocycles. The molecule has 1 aromatic heterocycles. The van der Waals surface area contributed by atoms with Gasteiger partial charge in [0.25, 0.3) is 0 Å². The molecule has 4 rings (SSSR count). The Hall–Kier alpha value is -2.57. The molecule has 0 radical (unpaired) electrons. The Morgan fingerprint density at radius 3 is 2.59 bits per heavy atom. The Balaban J connectivity index is 1.76. The van der Waals surface area contributed by atoms with Crippen molar-refractivity contribution in [3.63, 3.8) is 0 Å². The van der Waals surface area contributed by atoms with Crippen LogP contribution in [0, 0.1) is 0 Å². The number of ether oxygens (including phenoxy) is 1. The second-order valence-corrected chi connectivity index (χ2v) is 7.23. The maximum Gasteiger partial charge on any atom is 0.334 e. The Morgan fingerprint density at radius 2 is 1.96 bits per heavy atom. The van der Waals surface area contributed by atoms with Gasteiger partial charge in [-0.3, -0.25) is 13.9 Å². The number of halogens is 1. The highest BCUT2D eigenvalue weighted by atomic mass is 35.5. The molecule has 0 amide bonds. The predicted octanol–water partition coefficient (Wildman–Crippen LogP) is 2.82. The number of benzene rings is 2. The molecule has 1 fully saturated rings. The summed E-state index contributed by atoms with van der Waals surface area (Å²) in [7, 11) is 1.32. The number of nitrogens with zero attached hydrogens (tertiary/aromatic N) is 2. The minimum Gasteiger partial charge on any atom is -0.468 e. The standard InChI is InChI=1S/C20H20ClN3O3/c1-27-19(25)16(22)11-12-5-7-14(8-6-12)24-18-15(21)3-2-4-17(18)23(20(24)26)13-9-10-13/h2-8,13,16H,9-11,22H2,1H3/t16-/m0/s1. The zero-order valence-corrected chi connectivity index (χ0v) is 15.6. The number of methoxy groups -OCH3 is 1. The average Bonchev–Trinajstić information content (AvgIpc) is 3.45. The molecule has 1 heterocycles. The fourth-order valence-corrected chi connectivity index (χ4v) is 3.68. The molecular formula is C20H20ClN3O3. The molecule has 6 nitrogen and oxygen atoms in total. The van der Waals surface area contributed by atoms with Crippen LogP contribution in [-0.2, 0) is 16.0 Å². The first-order chi connectivity index (χ1) is 13.0. The molecule has 0 bridgehead atoms. The number of hydrogen-bond donors (Lipinski definition) is 1. The number of esters is 1. The van der Waals surface area contributed by atoms with Gasteiger partial charge in [0.05, 0.1) is 28.9 Å². The van der Waals surface area contributed by atoms with Crippen molar-refractivity contribution in [2.24, 2.45) is 5.73 Å². The second-order valence-electron chi connectivity index (χ2n) is 6.83. The highest BCUT2D eigenvalue weighted by Crippen LogP contribution is 2.37. The van der Waals surface area contributed by atoms with E-state index in [2.05, 4.69) is 4.74 Å². The van der Waals surface area contributed by atoms with Crippen molar-refractivity contribution < 1.29 is 9.53 Å². The second kappa shape index (κ2) is 6.87. The smallest absolute Gasteiger partial charge is 0.334 e. The first-order valence-electron chi connectivity index (χ1n) is 8.85. The Morgan fingerprint density at radius 1 is 1.26 bits per heavy atom. The van der Waals surface area contributed by atoms with Crippen LogP contribution in [0.15, 0.2) is 47.3 Å². The van der Waals surface area contributed by atoms with Crippen molar-refractivity contribution in [1.82, 2.24) is 9.13 Å². The molecule has 27 heavy (non-hydrogen) atoms.